The van der Waals surface area contributed by atoms with Gasteiger partial charge < -0.3 is 23.7 Å². The first-order chi connectivity index (χ1) is 14.0. The zero-order valence-corrected chi connectivity index (χ0v) is 17.0. The molecule has 11 heteroatoms. The Hall–Kier alpha value is -2.15. The van der Waals surface area contributed by atoms with E-state index in [0.717, 1.165) is 29.5 Å². The molecule has 0 radical (unpaired) electrons. The molecular formula is C19H24N2O9. The van der Waals surface area contributed by atoms with Crippen LogP contribution in [0.3, 0.4) is 0 Å². The number of hydroxylamine groups is 2. The summed E-state index contributed by atoms with van der Waals surface area (Å²) in [5, 5.41) is 22.7. The Bertz CT molecular complexity index is 847. The molecular weight excluding hydrogens is 400 g/mol. The molecule has 0 amide bonds. The summed E-state index contributed by atoms with van der Waals surface area (Å²) in [4.78, 5) is 22.6. The van der Waals surface area contributed by atoms with Crippen molar-refractivity contribution in [1.82, 2.24) is 5.06 Å². The van der Waals surface area contributed by atoms with E-state index in [0.29, 0.717) is 0 Å². The maximum atomic E-state index is 12.2. The van der Waals surface area contributed by atoms with Crippen LogP contribution in [0.5, 0.6) is 0 Å². The van der Waals surface area contributed by atoms with Gasteiger partial charge in [0.15, 0.2) is 23.6 Å². The number of fused-ring (bicyclic) bond motifs is 1. The third kappa shape index (κ3) is 3.92. The fourth-order valence-electron chi connectivity index (χ4n) is 3.98. The Balaban J connectivity index is 1.63. The number of allylic oxidation sites excluding steroid dienone is 4. The van der Waals surface area contributed by atoms with E-state index in [9.17, 15) is 20.1 Å². The molecule has 0 saturated carbocycles. The summed E-state index contributed by atoms with van der Waals surface area (Å²) in [5.41, 5.74) is -0.307. The minimum atomic E-state index is -0.930. The van der Waals surface area contributed by atoms with Crippen LogP contribution in [0.1, 0.15) is 27.7 Å². The molecule has 30 heavy (non-hydrogen) atoms. The van der Waals surface area contributed by atoms with Gasteiger partial charge in [-0.1, -0.05) is 0 Å². The van der Waals surface area contributed by atoms with Crippen molar-refractivity contribution in [2.45, 2.75) is 69.9 Å². The number of ether oxygens (including phenoxy) is 5. The summed E-state index contributed by atoms with van der Waals surface area (Å²) in [6.07, 6.45) is 1.75. The van der Waals surface area contributed by atoms with Gasteiger partial charge in [-0.15, -0.1) is 0 Å². The van der Waals surface area contributed by atoms with Crippen molar-refractivity contribution in [2.24, 2.45) is 0 Å². The van der Waals surface area contributed by atoms with Crippen LogP contribution in [0.4, 0.5) is 0 Å². The van der Waals surface area contributed by atoms with Gasteiger partial charge in [0.05, 0.1) is 11.5 Å². The highest BCUT2D eigenvalue weighted by Crippen LogP contribution is 2.42. The molecule has 11 nitrogen and oxygen atoms in total. The van der Waals surface area contributed by atoms with Crippen LogP contribution in [0.2, 0.25) is 0 Å². The van der Waals surface area contributed by atoms with Crippen LogP contribution in [-0.4, -0.2) is 69.8 Å². The molecule has 5 atom stereocenters. The number of nitro groups is 1. The summed E-state index contributed by atoms with van der Waals surface area (Å²) >= 11 is 0. The first-order valence-electron chi connectivity index (χ1n) is 9.56. The Morgan fingerprint density at radius 1 is 1.17 bits per heavy atom. The van der Waals surface area contributed by atoms with Crippen LogP contribution in [-0.2, 0) is 28.5 Å². The van der Waals surface area contributed by atoms with Crippen LogP contribution in [0, 0.1) is 10.1 Å². The van der Waals surface area contributed by atoms with Crippen LogP contribution in [0.25, 0.3) is 0 Å². The average Bonchev–Trinajstić information content (AvgIpc) is 3.24. The molecule has 3 heterocycles. The molecule has 4 rings (SSSR count). The van der Waals surface area contributed by atoms with Crippen LogP contribution in [0.15, 0.2) is 35.7 Å². The van der Waals surface area contributed by atoms with Gasteiger partial charge in [0.1, 0.15) is 24.4 Å². The van der Waals surface area contributed by atoms with Crippen molar-refractivity contribution in [1.29, 1.82) is 0 Å². The van der Waals surface area contributed by atoms with E-state index in [4.69, 9.17) is 23.7 Å². The first-order valence-corrected chi connectivity index (χ1v) is 9.56. The largest absolute Gasteiger partial charge is 0.348 e. The molecule has 164 valence electrons. The molecule has 3 saturated heterocycles. The Labute approximate surface area is 172 Å². The molecule has 1 aliphatic carbocycles. The third-order valence-corrected chi connectivity index (χ3v) is 5.23. The Morgan fingerprint density at radius 3 is 2.53 bits per heavy atom. The maximum Gasteiger partial charge on any atom is 0.270 e. The Morgan fingerprint density at radius 2 is 1.90 bits per heavy atom. The van der Waals surface area contributed by atoms with Gasteiger partial charge in [0.25, 0.3) is 5.70 Å². The second kappa shape index (κ2) is 7.22. The van der Waals surface area contributed by atoms with Gasteiger partial charge in [-0.2, -0.15) is 0 Å². The van der Waals surface area contributed by atoms with E-state index in [1.54, 1.807) is 27.7 Å². The lowest BCUT2D eigenvalue weighted by molar-refractivity contribution is -0.419. The highest BCUT2D eigenvalue weighted by Gasteiger charge is 2.60. The lowest BCUT2D eigenvalue weighted by atomic mass is 10.0. The standard InChI is InChI=1S/C19H24N2O9/c1-18(2)26-9-13(28-18)15-14(16-17(27-15)30-19(3,4)29-16)20(23)8-10-7-11(21(24)25)5-6-12(10)22/h5-8,13-17,23H,9H2,1-4H3/b10-8-/t13-,14-,15-,16-,17-/m1/s1. The van der Waals surface area contributed by atoms with Gasteiger partial charge >= 0.3 is 0 Å². The minimum absolute atomic E-state index is 0.0454. The normalized spacial score (nSPS) is 38.0. The van der Waals surface area contributed by atoms with E-state index < -0.39 is 52.9 Å². The van der Waals surface area contributed by atoms with E-state index >= 15 is 0 Å². The molecule has 3 fully saturated rings. The highest BCUT2D eigenvalue weighted by atomic mass is 16.8. The van der Waals surface area contributed by atoms with Crippen LogP contribution < -0.4 is 0 Å². The fraction of sp³-hybridized carbons (Fsp3) is 0.632. The quantitative estimate of drug-likeness (QED) is 0.400. The average molecular weight is 424 g/mol. The van der Waals surface area contributed by atoms with Gasteiger partial charge in [-0.25, -0.2) is 0 Å². The number of rotatable bonds is 4. The molecule has 0 aromatic rings. The monoisotopic (exact) mass is 424 g/mol. The second-order valence-electron chi connectivity index (χ2n) is 8.42. The molecule has 1 N–H and O–H groups in total. The molecule has 3 aliphatic heterocycles. The smallest absolute Gasteiger partial charge is 0.270 e. The number of nitrogens with zero attached hydrogens (tertiary/aromatic N) is 2. The van der Waals surface area contributed by atoms with E-state index in [1.807, 2.05) is 0 Å². The predicted molar refractivity (Wildman–Crippen MR) is 98.3 cm³/mol. The van der Waals surface area contributed by atoms with Gasteiger partial charge in [-0.05, 0) is 33.8 Å². The highest BCUT2D eigenvalue weighted by molar-refractivity contribution is 6.07. The first kappa shape index (κ1) is 21.1. The van der Waals surface area contributed by atoms with Crippen molar-refractivity contribution in [3.63, 3.8) is 0 Å². The zero-order chi connectivity index (χ0) is 21.8. The number of hydrogen-bond acceptors (Lipinski definition) is 10. The lowest BCUT2D eigenvalue weighted by Gasteiger charge is -2.32. The summed E-state index contributed by atoms with van der Waals surface area (Å²) in [6.45, 7) is 7.21. The van der Waals surface area contributed by atoms with E-state index in [-0.39, 0.29) is 17.9 Å². The van der Waals surface area contributed by atoms with Crippen molar-refractivity contribution in [3.8, 4) is 0 Å². The number of carbonyl (C=O) groups excluding carboxylic acids is 1. The summed E-state index contributed by atoms with van der Waals surface area (Å²) in [6, 6.07) is -0.807. The molecule has 4 aliphatic rings. The van der Waals surface area contributed by atoms with E-state index in [1.165, 1.54) is 0 Å². The lowest BCUT2D eigenvalue weighted by Crippen LogP contribution is -2.50. The molecule has 0 unspecified atom stereocenters. The van der Waals surface area contributed by atoms with Gasteiger partial charge in [0, 0.05) is 23.9 Å². The summed E-state index contributed by atoms with van der Waals surface area (Å²) < 4.78 is 29.2. The molecule has 0 bridgehead atoms. The topological polar surface area (TPSA) is 130 Å². The second-order valence-corrected chi connectivity index (χ2v) is 8.42. The zero-order valence-electron chi connectivity index (χ0n) is 17.0. The van der Waals surface area contributed by atoms with Gasteiger partial charge in [0.2, 0.25) is 0 Å². The SMILES string of the molecule is CC1(C)O[C@H]2O[C@H]([C@H]3COC(C)(C)O3)[C@@H](N(O)/C=C3/C=C([N+](=O)[O-])C=CC3=O)[C@H]2O1. The Kier molecular flexibility index (Phi) is 5.08. The molecule has 0 aromatic carbocycles. The summed E-state index contributed by atoms with van der Waals surface area (Å²) in [5.74, 6) is -2.22. The van der Waals surface area contributed by atoms with Crippen molar-refractivity contribution >= 4 is 5.78 Å². The van der Waals surface area contributed by atoms with Crippen molar-refractivity contribution in [3.05, 3.63) is 45.8 Å². The predicted octanol–water partition coefficient (Wildman–Crippen LogP) is 1.26. The van der Waals surface area contributed by atoms with Crippen molar-refractivity contribution < 1.29 is 38.6 Å². The molecule has 0 aromatic heterocycles. The number of carbonyl (C=O) groups is 1. The van der Waals surface area contributed by atoms with E-state index in [2.05, 4.69) is 0 Å². The number of hydrogen-bond donors (Lipinski definition) is 1. The van der Waals surface area contributed by atoms with Crippen molar-refractivity contribution in [2.75, 3.05) is 6.61 Å². The van der Waals surface area contributed by atoms with Gasteiger partial charge in [-0.3, -0.25) is 25.2 Å². The third-order valence-electron chi connectivity index (χ3n) is 5.23. The van der Waals surface area contributed by atoms with Crippen LogP contribution >= 0.6 is 0 Å². The maximum absolute atomic E-state index is 12.2. The fourth-order valence-corrected chi connectivity index (χ4v) is 3.98. The minimum Gasteiger partial charge on any atom is -0.348 e. The summed E-state index contributed by atoms with van der Waals surface area (Å²) in [7, 11) is 0. The molecule has 0 spiro atoms. The number of ketones is 1.